The smallest absolute Gasteiger partial charge is 0.0848 e. The molecule has 26 heavy (non-hydrogen) atoms. The highest BCUT2D eigenvalue weighted by Crippen LogP contribution is 2.30. The molecule has 1 aromatic rings. The van der Waals surface area contributed by atoms with E-state index in [9.17, 15) is 0 Å². The Bertz CT molecular complexity index is 697. The molecule has 1 unspecified atom stereocenters. The van der Waals surface area contributed by atoms with E-state index in [1.54, 1.807) is 0 Å². The molecule has 2 rings (SSSR count). The van der Waals surface area contributed by atoms with Crippen molar-refractivity contribution in [3.05, 3.63) is 41.6 Å². The van der Waals surface area contributed by atoms with Gasteiger partial charge in [0.1, 0.15) is 0 Å². The van der Waals surface area contributed by atoms with Gasteiger partial charge in [-0.1, -0.05) is 18.2 Å². The zero-order chi connectivity index (χ0) is 19.3. The first kappa shape index (κ1) is 20.0. The first-order valence-corrected chi connectivity index (χ1v) is 9.25. The van der Waals surface area contributed by atoms with Crippen molar-refractivity contribution in [2.45, 2.75) is 33.6 Å². The molecule has 1 aliphatic heterocycles. The SMILES string of the molecule is C=C(Nc1c(N)cccc1N)C1CCCN(C/C(C)=C(\C)C(C)=NC)C1. The van der Waals surface area contributed by atoms with E-state index in [1.807, 2.05) is 25.2 Å². The molecule has 1 aliphatic rings. The number of likely N-dealkylation sites (tertiary alicyclic amines) is 1. The van der Waals surface area contributed by atoms with E-state index in [0.29, 0.717) is 17.3 Å². The number of nitrogens with two attached hydrogens (primary N) is 2. The highest BCUT2D eigenvalue weighted by atomic mass is 15.1. The van der Waals surface area contributed by atoms with Crippen LogP contribution in [0.15, 0.2) is 46.6 Å². The molecule has 5 heteroatoms. The van der Waals surface area contributed by atoms with Crippen LogP contribution < -0.4 is 16.8 Å². The van der Waals surface area contributed by atoms with Gasteiger partial charge in [-0.2, -0.15) is 0 Å². The average molecular weight is 356 g/mol. The molecular weight excluding hydrogens is 322 g/mol. The minimum absolute atomic E-state index is 0.386. The standard InChI is InChI=1S/C21H33N5/c1-14(15(2)16(3)24-5)12-26-11-7-8-18(13-26)17(4)25-21-19(22)9-6-10-20(21)23/h6,9-10,18,25H,4,7-8,11-13,22-23H2,1-3,5H3/b15-14+,24-16?. The fourth-order valence-corrected chi connectivity index (χ4v) is 3.41. The van der Waals surface area contributed by atoms with E-state index in [1.165, 1.54) is 11.1 Å². The van der Waals surface area contributed by atoms with Gasteiger partial charge in [-0.25, -0.2) is 0 Å². The van der Waals surface area contributed by atoms with Crippen molar-refractivity contribution < 1.29 is 0 Å². The van der Waals surface area contributed by atoms with Crippen molar-refractivity contribution in [1.82, 2.24) is 4.90 Å². The Morgan fingerprint density at radius 3 is 2.54 bits per heavy atom. The van der Waals surface area contributed by atoms with Gasteiger partial charge in [0.2, 0.25) is 0 Å². The number of benzene rings is 1. The van der Waals surface area contributed by atoms with Crippen LogP contribution in [0.2, 0.25) is 0 Å². The summed E-state index contributed by atoms with van der Waals surface area (Å²) in [6.07, 6.45) is 2.30. The lowest BCUT2D eigenvalue weighted by atomic mass is 9.94. The highest BCUT2D eigenvalue weighted by Gasteiger charge is 2.23. The molecule has 142 valence electrons. The minimum Gasteiger partial charge on any atom is -0.397 e. The van der Waals surface area contributed by atoms with Crippen LogP contribution in [0.1, 0.15) is 33.6 Å². The molecule has 1 atom stereocenters. The quantitative estimate of drug-likeness (QED) is 0.534. The Morgan fingerprint density at radius 1 is 1.27 bits per heavy atom. The summed E-state index contributed by atoms with van der Waals surface area (Å²) in [5.74, 6) is 0.386. The second-order valence-corrected chi connectivity index (χ2v) is 7.25. The van der Waals surface area contributed by atoms with Crippen LogP contribution in [0.25, 0.3) is 0 Å². The van der Waals surface area contributed by atoms with Gasteiger partial charge in [-0.15, -0.1) is 0 Å². The maximum atomic E-state index is 6.06. The minimum atomic E-state index is 0.386. The van der Waals surface area contributed by atoms with Crippen molar-refractivity contribution in [2.75, 3.05) is 43.5 Å². The summed E-state index contributed by atoms with van der Waals surface area (Å²) >= 11 is 0. The van der Waals surface area contributed by atoms with Crippen LogP contribution >= 0.6 is 0 Å². The van der Waals surface area contributed by atoms with Gasteiger partial charge in [0.15, 0.2) is 0 Å². The molecule has 0 aliphatic carbocycles. The number of nitrogens with zero attached hydrogens (tertiary/aromatic N) is 2. The molecule has 0 spiro atoms. The third kappa shape index (κ3) is 4.88. The van der Waals surface area contributed by atoms with Crippen LogP contribution in [-0.2, 0) is 0 Å². The number of piperidine rings is 1. The van der Waals surface area contributed by atoms with Crippen LogP contribution in [0.4, 0.5) is 17.1 Å². The molecule has 0 saturated carbocycles. The van der Waals surface area contributed by atoms with Gasteiger partial charge in [-0.3, -0.25) is 9.89 Å². The molecule has 5 N–H and O–H groups in total. The Labute approximate surface area is 157 Å². The number of aliphatic imine (C=N–C) groups is 1. The van der Waals surface area contributed by atoms with E-state index in [-0.39, 0.29) is 0 Å². The molecule has 0 bridgehead atoms. The first-order valence-electron chi connectivity index (χ1n) is 9.25. The van der Waals surface area contributed by atoms with Gasteiger partial charge >= 0.3 is 0 Å². The maximum Gasteiger partial charge on any atom is 0.0848 e. The summed E-state index contributed by atoms with van der Waals surface area (Å²) in [5.41, 5.74) is 19.0. The molecule has 5 nitrogen and oxygen atoms in total. The third-order valence-electron chi connectivity index (χ3n) is 5.39. The van der Waals surface area contributed by atoms with Crippen molar-refractivity contribution in [1.29, 1.82) is 0 Å². The monoisotopic (exact) mass is 355 g/mol. The number of anilines is 3. The summed E-state index contributed by atoms with van der Waals surface area (Å²) < 4.78 is 0. The molecule has 0 radical (unpaired) electrons. The second-order valence-electron chi connectivity index (χ2n) is 7.25. The van der Waals surface area contributed by atoms with Crippen molar-refractivity contribution >= 4 is 22.8 Å². The number of para-hydroxylation sites is 1. The molecular formula is C21H33N5. The average Bonchev–Trinajstić information content (AvgIpc) is 2.63. The second kappa shape index (κ2) is 8.90. The van der Waals surface area contributed by atoms with Crippen LogP contribution in [0.3, 0.4) is 0 Å². The maximum absolute atomic E-state index is 6.06. The number of allylic oxidation sites excluding steroid dienone is 1. The number of hydrogen-bond acceptors (Lipinski definition) is 5. The summed E-state index contributed by atoms with van der Waals surface area (Å²) in [4.78, 5) is 6.80. The Hall–Kier alpha value is -2.27. The van der Waals surface area contributed by atoms with E-state index in [4.69, 9.17) is 11.5 Å². The summed E-state index contributed by atoms with van der Waals surface area (Å²) in [7, 11) is 1.85. The zero-order valence-corrected chi connectivity index (χ0v) is 16.6. The fourth-order valence-electron chi connectivity index (χ4n) is 3.41. The van der Waals surface area contributed by atoms with E-state index in [0.717, 1.165) is 49.6 Å². The Kier molecular flexibility index (Phi) is 6.86. The number of rotatable bonds is 6. The molecule has 1 aromatic carbocycles. The predicted octanol–water partition coefficient (Wildman–Crippen LogP) is 3.92. The van der Waals surface area contributed by atoms with Gasteiger partial charge in [0.25, 0.3) is 0 Å². The van der Waals surface area contributed by atoms with Crippen LogP contribution in [0.5, 0.6) is 0 Å². The third-order valence-corrected chi connectivity index (χ3v) is 5.39. The van der Waals surface area contributed by atoms with Crippen molar-refractivity contribution in [3.63, 3.8) is 0 Å². The largest absolute Gasteiger partial charge is 0.397 e. The van der Waals surface area contributed by atoms with Crippen molar-refractivity contribution in [3.8, 4) is 0 Å². The number of hydrogen-bond donors (Lipinski definition) is 3. The van der Waals surface area contributed by atoms with Gasteiger partial charge < -0.3 is 16.8 Å². The fraction of sp³-hybridized carbons (Fsp3) is 0.476. The summed E-state index contributed by atoms with van der Waals surface area (Å²) in [6.45, 7) is 13.8. The molecule has 1 heterocycles. The van der Waals surface area contributed by atoms with E-state index >= 15 is 0 Å². The highest BCUT2D eigenvalue weighted by molar-refractivity contribution is 5.98. The van der Waals surface area contributed by atoms with Crippen LogP contribution in [0, 0.1) is 5.92 Å². The predicted molar refractivity (Wildman–Crippen MR) is 115 cm³/mol. The molecule has 0 aromatic heterocycles. The van der Waals surface area contributed by atoms with E-state index < -0.39 is 0 Å². The first-order chi connectivity index (χ1) is 12.3. The summed E-state index contributed by atoms with van der Waals surface area (Å²) in [6, 6.07) is 5.57. The van der Waals surface area contributed by atoms with Crippen molar-refractivity contribution in [2.24, 2.45) is 10.9 Å². The van der Waals surface area contributed by atoms with Gasteiger partial charge in [0, 0.05) is 37.5 Å². The zero-order valence-electron chi connectivity index (χ0n) is 16.6. The molecule has 1 fully saturated rings. The topological polar surface area (TPSA) is 79.7 Å². The Morgan fingerprint density at radius 2 is 1.92 bits per heavy atom. The van der Waals surface area contributed by atoms with Crippen LogP contribution in [-0.4, -0.2) is 37.3 Å². The lowest BCUT2D eigenvalue weighted by Crippen LogP contribution is -2.38. The number of nitrogens with one attached hydrogen (secondary N) is 1. The van der Waals surface area contributed by atoms with Gasteiger partial charge in [0.05, 0.1) is 17.1 Å². The van der Waals surface area contributed by atoms with E-state index in [2.05, 4.69) is 42.6 Å². The lowest BCUT2D eigenvalue weighted by molar-refractivity contribution is 0.206. The normalized spacial score (nSPS) is 19.8. The molecule has 1 saturated heterocycles. The number of nitrogen functional groups attached to an aromatic ring is 2. The summed E-state index contributed by atoms with van der Waals surface area (Å²) in [5, 5.41) is 3.37. The van der Waals surface area contributed by atoms with Gasteiger partial charge in [-0.05, 0) is 57.9 Å². The molecule has 0 amide bonds. The lowest BCUT2D eigenvalue weighted by Gasteiger charge is -2.34. The Balaban J connectivity index is 2.03.